The molecule has 2 heterocycles. The number of nitrogens with one attached hydrogen (secondary N) is 1. The Morgan fingerprint density at radius 2 is 1.81 bits per heavy atom. The van der Waals surface area contributed by atoms with Crippen molar-refractivity contribution in [2.45, 2.75) is 17.2 Å². The van der Waals surface area contributed by atoms with Crippen LogP contribution in [-0.2, 0) is 12.3 Å². The van der Waals surface area contributed by atoms with Gasteiger partial charge < -0.3 is 9.88 Å². The van der Waals surface area contributed by atoms with E-state index < -0.39 is 0 Å². The maximum atomic E-state index is 13.9. The third-order valence-electron chi connectivity index (χ3n) is 5.06. The third-order valence-corrected chi connectivity index (χ3v) is 6.10. The van der Waals surface area contributed by atoms with Gasteiger partial charge in [-0.05, 0) is 42.9 Å². The predicted molar refractivity (Wildman–Crippen MR) is 107 cm³/mol. The number of rotatable bonds is 5. The number of aromatic nitrogens is 1. The molecule has 0 spiro atoms. The van der Waals surface area contributed by atoms with Crippen molar-refractivity contribution in [1.82, 2.24) is 14.8 Å². The van der Waals surface area contributed by atoms with Gasteiger partial charge in [0.2, 0.25) is 0 Å². The minimum absolute atomic E-state index is 0.168. The van der Waals surface area contributed by atoms with Crippen LogP contribution in [0.5, 0.6) is 0 Å². The molecule has 1 aromatic heterocycles. The Hall–Kier alpha value is -1.82. The SMILES string of the molecule is CN1CCN(Cc2c(CSc3ccccc3)[nH]c3ccc(F)cc23)CC1. The summed E-state index contributed by atoms with van der Waals surface area (Å²) in [6.07, 6.45) is 0. The number of hydrogen-bond acceptors (Lipinski definition) is 3. The molecule has 0 aliphatic carbocycles. The van der Waals surface area contributed by atoms with E-state index in [9.17, 15) is 4.39 Å². The van der Waals surface area contributed by atoms with Gasteiger partial charge in [0.05, 0.1) is 0 Å². The van der Waals surface area contributed by atoms with Gasteiger partial charge in [0.25, 0.3) is 0 Å². The molecule has 1 aliphatic rings. The average molecular weight is 370 g/mol. The van der Waals surface area contributed by atoms with Crippen LogP contribution in [-0.4, -0.2) is 48.0 Å². The number of nitrogens with zero attached hydrogens (tertiary/aromatic N) is 2. The largest absolute Gasteiger partial charge is 0.357 e. The van der Waals surface area contributed by atoms with Crippen LogP contribution in [0.3, 0.4) is 0 Å². The van der Waals surface area contributed by atoms with Crippen molar-refractivity contribution in [3.63, 3.8) is 0 Å². The molecule has 26 heavy (non-hydrogen) atoms. The third kappa shape index (κ3) is 3.95. The fraction of sp³-hybridized carbons (Fsp3) is 0.333. The molecule has 0 bridgehead atoms. The highest BCUT2D eigenvalue weighted by atomic mass is 32.2. The molecule has 1 fully saturated rings. The van der Waals surface area contributed by atoms with E-state index >= 15 is 0 Å². The minimum atomic E-state index is -0.168. The first-order chi connectivity index (χ1) is 12.7. The topological polar surface area (TPSA) is 22.3 Å². The van der Waals surface area contributed by atoms with Crippen LogP contribution < -0.4 is 0 Å². The molecular formula is C21H24FN3S. The second-order valence-corrected chi connectivity index (χ2v) is 8.00. The predicted octanol–water partition coefficient (Wildman–Crippen LogP) is 4.35. The Bertz CT molecular complexity index is 870. The lowest BCUT2D eigenvalue weighted by atomic mass is 10.1. The molecule has 0 amide bonds. The summed E-state index contributed by atoms with van der Waals surface area (Å²) in [5.41, 5.74) is 3.48. The molecule has 5 heteroatoms. The lowest BCUT2D eigenvalue weighted by Crippen LogP contribution is -2.43. The highest BCUT2D eigenvalue weighted by Gasteiger charge is 2.19. The summed E-state index contributed by atoms with van der Waals surface area (Å²) < 4.78 is 13.9. The molecule has 0 unspecified atom stereocenters. The molecule has 0 saturated carbocycles. The molecule has 1 saturated heterocycles. The van der Waals surface area contributed by atoms with E-state index in [0.29, 0.717) is 0 Å². The first-order valence-corrected chi connectivity index (χ1v) is 10.1. The number of halogens is 1. The van der Waals surface area contributed by atoms with Crippen molar-refractivity contribution >= 4 is 22.7 Å². The van der Waals surface area contributed by atoms with Gasteiger partial charge in [-0.15, -0.1) is 11.8 Å². The van der Waals surface area contributed by atoms with Crippen molar-refractivity contribution < 1.29 is 4.39 Å². The molecule has 3 nitrogen and oxygen atoms in total. The first-order valence-electron chi connectivity index (χ1n) is 9.07. The van der Waals surface area contributed by atoms with E-state index in [2.05, 4.69) is 46.1 Å². The van der Waals surface area contributed by atoms with Crippen molar-refractivity contribution in [2.24, 2.45) is 0 Å². The normalized spacial score (nSPS) is 16.4. The fourth-order valence-corrected chi connectivity index (χ4v) is 4.39. The van der Waals surface area contributed by atoms with Crippen LogP contribution in [0.1, 0.15) is 11.3 Å². The van der Waals surface area contributed by atoms with Crippen LogP contribution in [0.4, 0.5) is 4.39 Å². The lowest BCUT2D eigenvalue weighted by Gasteiger charge is -2.32. The standard InChI is InChI=1S/C21H24FN3S/c1-24-9-11-25(12-10-24)14-19-18-13-16(22)7-8-20(18)23-21(19)15-26-17-5-3-2-4-6-17/h2-8,13,23H,9-12,14-15H2,1H3. The number of fused-ring (bicyclic) bond motifs is 1. The summed E-state index contributed by atoms with van der Waals surface area (Å²) in [5.74, 6) is 0.696. The summed E-state index contributed by atoms with van der Waals surface area (Å²) in [4.78, 5) is 9.62. The zero-order chi connectivity index (χ0) is 17.9. The molecule has 4 rings (SSSR count). The van der Waals surface area contributed by atoms with Crippen molar-refractivity contribution in [3.8, 4) is 0 Å². The molecule has 3 aromatic rings. The number of piperazine rings is 1. The Balaban J connectivity index is 1.60. The summed E-state index contributed by atoms with van der Waals surface area (Å²) in [7, 11) is 2.17. The van der Waals surface area contributed by atoms with Crippen molar-refractivity contribution in [1.29, 1.82) is 0 Å². The second-order valence-electron chi connectivity index (χ2n) is 6.95. The van der Waals surface area contributed by atoms with Gasteiger partial charge in [0, 0.05) is 60.0 Å². The quantitative estimate of drug-likeness (QED) is 0.676. The highest BCUT2D eigenvalue weighted by molar-refractivity contribution is 7.98. The van der Waals surface area contributed by atoms with Crippen LogP contribution in [0.2, 0.25) is 0 Å². The van der Waals surface area contributed by atoms with Gasteiger partial charge >= 0.3 is 0 Å². The Labute approximate surface area is 158 Å². The van der Waals surface area contributed by atoms with E-state index in [1.807, 2.05) is 23.9 Å². The summed E-state index contributed by atoms with van der Waals surface area (Å²) >= 11 is 1.82. The summed E-state index contributed by atoms with van der Waals surface area (Å²) in [6, 6.07) is 15.5. The number of hydrogen-bond donors (Lipinski definition) is 1. The number of likely N-dealkylation sites (N-methyl/N-ethyl adjacent to an activating group) is 1. The molecule has 136 valence electrons. The number of aromatic amines is 1. The van der Waals surface area contributed by atoms with Crippen LogP contribution >= 0.6 is 11.8 Å². The second kappa shape index (κ2) is 7.82. The minimum Gasteiger partial charge on any atom is -0.357 e. The monoisotopic (exact) mass is 369 g/mol. The number of thioether (sulfide) groups is 1. The van der Waals surface area contributed by atoms with Gasteiger partial charge in [0.15, 0.2) is 0 Å². The van der Waals surface area contributed by atoms with Gasteiger partial charge in [-0.3, -0.25) is 4.90 Å². The fourth-order valence-electron chi connectivity index (χ4n) is 3.48. The van der Waals surface area contributed by atoms with Crippen LogP contribution in [0.25, 0.3) is 10.9 Å². The zero-order valence-corrected chi connectivity index (χ0v) is 15.9. The molecule has 0 atom stereocenters. The van der Waals surface area contributed by atoms with E-state index in [-0.39, 0.29) is 5.82 Å². The number of benzene rings is 2. The Morgan fingerprint density at radius 1 is 1.04 bits per heavy atom. The molecule has 1 aliphatic heterocycles. The van der Waals surface area contributed by atoms with E-state index in [1.165, 1.54) is 22.2 Å². The Kier molecular flexibility index (Phi) is 5.29. The van der Waals surface area contributed by atoms with Gasteiger partial charge in [-0.2, -0.15) is 0 Å². The van der Waals surface area contributed by atoms with Gasteiger partial charge in [0.1, 0.15) is 5.82 Å². The number of H-pyrrole nitrogens is 1. The van der Waals surface area contributed by atoms with Crippen LogP contribution in [0, 0.1) is 5.82 Å². The summed E-state index contributed by atoms with van der Waals surface area (Å²) in [6.45, 7) is 5.17. The van der Waals surface area contributed by atoms with E-state index in [1.54, 1.807) is 6.07 Å². The molecule has 2 aromatic carbocycles. The van der Waals surface area contributed by atoms with E-state index in [4.69, 9.17) is 0 Å². The molecule has 1 N–H and O–H groups in total. The lowest BCUT2D eigenvalue weighted by molar-refractivity contribution is 0.148. The Morgan fingerprint density at radius 3 is 2.58 bits per heavy atom. The first kappa shape index (κ1) is 17.6. The molecule has 0 radical (unpaired) electrons. The van der Waals surface area contributed by atoms with Crippen molar-refractivity contribution in [2.75, 3.05) is 33.2 Å². The van der Waals surface area contributed by atoms with Crippen LogP contribution in [0.15, 0.2) is 53.4 Å². The van der Waals surface area contributed by atoms with Crippen molar-refractivity contribution in [3.05, 3.63) is 65.6 Å². The summed E-state index contributed by atoms with van der Waals surface area (Å²) in [5, 5.41) is 1.02. The van der Waals surface area contributed by atoms with E-state index in [0.717, 1.165) is 49.4 Å². The maximum absolute atomic E-state index is 13.9. The molecular weight excluding hydrogens is 345 g/mol. The van der Waals surface area contributed by atoms with Gasteiger partial charge in [-0.25, -0.2) is 4.39 Å². The smallest absolute Gasteiger partial charge is 0.123 e. The average Bonchev–Trinajstić information content (AvgIpc) is 2.99. The highest BCUT2D eigenvalue weighted by Crippen LogP contribution is 2.30. The maximum Gasteiger partial charge on any atom is 0.123 e. The van der Waals surface area contributed by atoms with Gasteiger partial charge in [-0.1, -0.05) is 18.2 Å². The zero-order valence-electron chi connectivity index (χ0n) is 15.0.